The summed E-state index contributed by atoms with van der Waals surface area (Å²) in [6, 6.07) is 0. The summed E-state index contributed by atoms with van der Waals surface area (Å²) in [5.41, 5.74) is -0.638. The molecular formula is C9H20O6S2. The SMILES string of the molecule is CCCC(C)(COS(C)(=O)=O)COS(C)(=O)=O. The monoisotopic (exact) mass is 288 g/mol. The molecule has 0 aliphatic carbocycles. The highest BCUT2D eigenvalue weighted by atomic mass is 32.2. The van der Waals surface area contributed by atoms with Gasteiger partial charge in [0.25, 0.3) is 20.2 Å². The van der Waals surface area contributed by atoms with Gasteiger partial charge in [-0.2, -0.15) is 16.8 Å². The zero-order chi connectivity index (χ0) is 13.7. The fourth-order valence-corrected chi connectivity index (χ4v) is 2.29. The summed E-state index contributed by atoms with van der Waals surface area (Å²) >= 11 is 0. The van der Waals surface area contributed by atoms with E-state index in [1.807, 2.05) is 6.92 Å². The van der Waals surface area contributed by atoms with Crippen molar-refractivity contribution in [3.8, 4) is 0 Å². The second-order valence-corrected chi connectivity index (χ2v) is 7.78. The molecule has 0 unspecified atom stereocenters. The number of rotatable bonds is 8. The summed E-state index contributed by atoms with van der Waals surface area (Å²) in [6.07, 6.45) is 3.29. The van der Waals surface area contributed by atoms with Crippen LogP contribution in [0.1, 0.15) is 26.7 Å². The minimum Gasteiger partial charge on any atom is -0.270 e. The Labute approximate surface area is 104 Å². The standard InChI is InChI=1S/C9H20O6S2/c1-5-6-9(2,7-14-16(3,10)11)8-15-17(4,12)13/h5-8H2,1-4H3. The highest BCUT2D eigenvalue weighted by Crippen LogP contribution is 2.25. The average molecular weight is 288 g/mol. The first-order chi connectivity index (χ1) is 7.47. The first kappa shape index (κ1) is 16.8. The molecule has 0 saturated heterocycles. The van der Waals surface area contributed by atoms with Crippen LogP contribution < -0.4 is 0 Å². The van der Waals surface area contributed by atoms with Crippen LogP contribution in [-0.4, -0.2) is 42.6 Å². The van der Waals surface area contributed by atoms with E-state index in [1.165, 1.54) is 0 Å². The zero-order valence-corrected chi connectivity index (χ0v) is 12.2. The Kier molecular flexibility index (Phi) is 6.06. The average Bonchev–Trinajstić information content (AvgIpc) is 2.11. The molecule has 104 valence electrons. The molecule has 0 aliphatic heterocycles. The molecule has 0 saturated carbocycles. The van der Waals surface area contributed by atoms with Crippen molar-refractivity contribution in [2.75, 3.05) is 25.7 Å². The van der Waals surface area contributed by atoms with Gasteiger partial charge in [-0.05, 0) is 6.42 Å². The van der Waals surface area contributed by atoms with E-state index in [2.05, 4.69) is 0 Å². The summed E-state index contributed by atoms with van der Waals surface area (Å²) < 4.78 is 53.0. The third-order valence-electron chi connectivity index (χ3n) is 2.10. The van der Waals surface area contributed by atoms with E-state index in [1.54, 1.807) is 6.92 Å². The lowest BCUT2D eigenvalue weighted by Gasteiger charge is -2.27. The highest BCUT2D eigenvalue weighted by molar-refractivity contribution is 7.86. The van der Waals surface area contributed by atoms with E-state index < -0.39 is 25.7 Å². The summed E-state index contributed by atoms with van der Waals surface area (Å²) in [5.74, 6) is 0. The topological polar surface area (TPSA) is 86.7 Å². The Balaban J connectivity index is 4.56. The van der Waals surface area contributed by atoms with Crippen LogP contribution >= 0.6 is 0 Å². The maximum Gasteiger partial charge on any atom is 0.264 e. The maximum atomic E-state index is 10.9. The second-order valence-electron chi connectivity index (χ2n) is 4.49. The largest absolute Gasteiger partial charge is 0.270 e. The molecule has 0 spiro atoms. The second kappa shape index (κ2) is 6.12. The molecule has 6 nitrogen and oxygen atoms in total. The van der Waals surface area contributed by atoms with Gasteiger partial charge in [0.1, 0.15) is 0 Å². The van der Waals surface area contributed by atoms with Gasteiger partial charge in [0.15, 0.2) is 0 Å². The van der Waals surface area contributed by atoms with E-state index in [9.17, 15) is 16.8 Å². The Morgan fingerprint density at radius 1 is 0.941 bits per heavy atom. The highest BCUT2D eigenvalue weighted by Gasteiger charge is 2.27. The molecule has 0 aromatic heterocycles. The van der Waals surface area contributed by atoms with Gasteiger partial charge in [-0.15, -0.1) is 0 Å². The smallest absolute Gasteiger partial charge is 0.264 e. The van der Waals surface area contributed by atoms with Crippen molar-refractivity contribution in [3.05, 3.63) is 0 Å². The van der Waals surface area contributed by atoms with Crippen molar-refractivity contribution >= 4 is 20.2 Å². The summed E-state index contributed by atoms with van der Waals surface area (Å²) in [4.78, 5) is 0. The van der Waals surface area contributed by atoms with Crippen molar-refractivity contribution in [1.29, 1.82) is 0 Å². The molecule has 17 heavy (non-hydrogen) atoms. The number of hydrogen-bond donors (Lipinski definition) is 0. The Bertz CT molecular complexity index is 386. The lowest BCUT2D eigenvalue weighted by Crippen LogP contribution is -2.31. The van der Waals surface area contributed by atoms with Crippen LogP contribution in [0.25, 0.3) is 0 Å². The van der Waals surface area contributed by atoms with Gasteiger partial charge in [-0.3, -0.25) is 8.37 Å². The van der Waals surface area contributed by atoms with Crippen LogP contribution in [-0.2, 0) is 28.6 Å². The van der Waals surface area contributed by atoms with Crippen LogP contribution in [0, 0.1) is 5.41 Å². The summed E-state index contributed by atoms with van der Waals surface area (Å²) in [7, 11) is -7.07. The van der Waals surface area contributed by atoms with Crippen molar-refractivity contribution in [2.45, 2.75) is 26.7 Å². The van der Waals surface area contributed by atoms with E-state index in [-0.39, 0.29) is 13.2 Å². The number of hydrogen-bond acceptors (Lipinski definition) is 6. The van der Waals surface area contributed by atoms with Crippen LogP contribution in [0.2, 0.25) is 0 Å². The lowest BCUT2D eigenvalue weighted by atomic mass is 9.88. The van der Waals surface area contributed by atoms with Gasteiger partial charge in [0.05, 0.1) is 25.7 Å². The van der Waals surface area contributed by atoms with Gasteiger partial charge in [-0.1, -0.05) is 20.3 Å². The summed E-state index contributed by atoms with van der Waals surface area (Å²) in [5, 5.41) is 0. The molecule has 0 radical (unpaired) electrons. The predicted octanol–water partition coefficient (Wildman–Crippen LogP) is 0.745. The molecular weight excluding hydrogens is 268 g/mol. The molecule has 0 bridgehead atoms. The van der Waals surface area contributed by atoms with Crippen molar-refractivity contribution in [1.82, 2.24) is 0 Å². The van der Waals surface area contributed by atoms with Crippen LogP contribution in [0.4, 0.5) is 0 Å². The lowest BCUT2D eigenvalue weighted by molar-refractivity contribution is 0.0930. The van der Waals surface area contributed by atoms with Gasteiger partial charge in [0, 0.05) is 5.41 Å². The first-order valence-corrected chi connectivity index (χ1v) is 8.79. The molecule has 0 amide bonds. The van der Waals surface area contributed by atoms with E-state index in [4.69, 9.17) is 8.37 Å². The molecule has 0 heterocycles. The fourth-order valence-electron chi connectivity index (χ4n) is 1.29. The van der Waals surface area contributed by atoms with Crippen LogP contribution in [0.5, 0.6) is 0 Å². The Hall–Kier alpha value is -0.180. The molecule has 8 heteroatoms. The van der Waals surface area contributed by atoms with Crippen molar-refractivity contribution in [2.24, 2.45) is 5.41 Å². The maximum absolute atomic E-state index is 10.9. The summed E-state index contributed by atoms with van der Waals surface area (Å²) in [6.45, 7) is 3.47. The third-order valence-corrected chi connectivity index (χ3v) is 3.19. The van der Waals surface area contributed by atoms with Crippen LogP contribution in [0.3, 0.4) is 0 Å². The first-order valence-electron chi connectivity index (χ1n) is 5.16. The molecule has 0 aromatic carbocycles. The molecule has 0 fully saturated rings. The minimum atomic E-state index is -3.53. The van der Waals surface area contributed by atoms with Gasteiger partial charge >= 0.3 is 0 Å². The quantitative estimate of drug-likeness (QED) is 0.612. The third kappa shape index (κ3) is 9.51. The predicted molar refractivity (Wildman–Crippen MR) is 64.6 cm³/mol. The Morgan fingerprint density at radius 3 is 1.53 bits per heavy atom. The van der Waals surface area contributed by atoms with E-state index in [0.29, 0.717) is 6.42 Å². The molecule has 0 aliphatic rings. The van der Waals surface area contributed by atoms with Crippen molar-refractivity contribution in [3.63, 3.8) is 0 Å². The van der Waals surface area contributed by atoms with Crippen LogP contribution in [0.15, 0.2) is 0 Å². The molecule has 0 atom stereocenters. The van der Waals surface area contributed by atoms with E-state index in [0.717, 1.165) is 18.9 Å². The molecule has 0 N–H and O–H groups in total. The normalized spacial score (nSPS) is 13.9. The molecule has 0 rings (SSSR count). The van der Waals surface area contributed by atoms with Crippen molar-refractivity contribution < 1.29 is 25.2 Å². The van der Waals surface area contributed by atoms with Gasteiger partial charge < -0.3 is 0 Å². The fraction of sp³-hybridized carbons (Fsp3) is 1.00. The zero-order valence-electron chi connectivity index (χ0n) is 10.6. The van der Waals surface area contributed by atoms with E-state index >= 15 is 0 Å². The minimum absolute atomic E-state index is 0.0881. The van der Waals surface area contributed by atoms with Gasteiger partial charge in [-0.25, -0.2) is 0 Å². The molecule has 0 aromatic rings. The van der Waals surface area contributed by atoms with Gasteiger partial charge in [0.2, 0.25) is 0 Å². The Morgan fingerprint density at radius 2 is 1.29 bits per heavy atom.